The Bertz CT molecular complexity index is 401. The summed E-state index contributed by atoms with van der Waals surface area (Å²) in [5.41, 5.74) is -1.54. The summed E-state index contributed by atoms with van der Waals surface area (Å²) in [4.78, 5) is 23.3. The number of carbonyl (C=O) groups excluding carboxylic acids is 1. The van der Waals surface area contributed by atoms with Gasteiger partial charge < -0.3 is 15.2 Å². The number of nitrogens with one attached hydrogen (secondary N) is 1. The zero-order valence-electron chi connectivity index (χ0n) is 11.9. The molecule has 0 aliphatic heterocycles. The molecule has 0 radical (unpaired) electrons. The van der Waals surface area contributed by atoms with E-state index in [4.69, 9.17) is 4.74 Å². The van der Waals surface area contributed by atoms with Crippen molar-refractivity contribution in [3.63, 3.8) is 0 Å². The quantitative estimate of drug-likeness (QED) is 0.808. The van der Waals surface area contributed by atoms with Gasteiger partial charge in [-0.15, -0.1) is 0 Å². The highest BCUT2D eigenvalue weighted by atomic mass is 16.6. The van der Waals surface area contributed by atoms with Crippen molar-refractivity contribution < 1.29 is 19.4 Å². The molecule has 0 unspecified atom stereocenters. The Morgan fingerprint density at radius 1 is 1.16 bits per heavy atom. The van der Waals surface area contributed by atoms with Crippen molar-refractivity contribution in [2.45, 2.75) is 70.4 Å². The summed E-state index contributed by atoms with van der Waals surface area (Å²) >= 11 is 0. The average molecular weight is 269 g/mol. The first-order valence-electron chi connectivity index (χ1n) is 6.91. The Morgan fingerprint density at radius 3 is 2.42 bits per heavy atom. The lowest BCUT2D eigenvalue weighted by molar-refractivity contribution is -0.150. The van der Waals surface area contributed by atoms with Gasteiger partial charge in [-0.2, -0.15) is 0 Å². The first-order valence-corrected chi connectivity index (χ1v) is 6.91. The first kappa shape index (κ1) is 14.2. The van der Waals surface area contributed by atoms with Gasteiger partial charge in [0.15, 0.2) is 0 Å². The van der Waals surface area contributed by atoms with Gasteiger partial charge in [-0.3, -0.25) is 4.79 Å². The smallest absolute Gasteiger partial charge is 0.408 e. The monoisotopic (exact) mass is 269 g/mol. The second kappa shape index (κ2) is 4.39. The van der Waals surface area contributed by atoms with E-state index in [0.717, 1.165) is 25.7 Å². The molecule has 0 aromatic carbocycles. The van der Waals surface area contributed by atoms with Crippen molar-refractivity contribution in [3.05, 3.63) is 0 Å². The molecule has 108 valence electrons. The van der Waals surface area contributed by atoms with Gasteiger partial charge in [0.1, 0.15) is 5.60 Å². The molecule has 19 heavy (non-hydrogen) atoms. The van der Waals surface area contributed by atoms with Crippen LogP contribution < -0.4 is 5.32 Å². The van der Waals surface area contributed by atoms with Crippen molar-refractivity contribution in [1.29, 1.82) is 0 Å². The highest BCUT2D eigenvalue weighted by Gasteiger charge is 2.55. The number of hydrogen-bond acceptors (Lipinski definition) is 3. The van der Waals surface area contributed by atoms with Gasteiger partial charge in [-0.1, -0.05) is 0 Å². The summed E-state index contributed by atoms with van der Waals surface area (Å²) in [7, 11) is 0. The molecule has 0 saturated heterocycles. The summed E-state index contributed by atoms with van der Waals surface area (Å²) in [5.74, 6) is -0.722. The summed E-state index contributed by atoms with van der Waals surface area (Å²) in [6, 6.07) is 0. The van der Waals surface area contributed by atoms with Crippen LogP contribution >= 0.6 is 0 Å². The van der Waals surface area contributed by atoms with E-state index in [2.05, 4.69) is 5.32 Å². The van der Waals surface area contributed by atoms with Crippen molar-refractivity contribution in [2.24, 2.45) is 5.41 Å². The maximum Gasteiger partial charge on any atom is 0.408 e. The van der Waals surface area contributed by atoms with E-state index in [1.165, 1.54) is 0 Å². The van der Waals surface area contributed by atoms with Gasteiger partial charge in [-0.25, -0.2) is 4.79 Å². The number of aliphatic carboxylic acids is 1. The zero-order chi connectivity index (χ0) is 14.3. The van der Waals surface area contributed by atoms with Crippen LogP contribution in [-0.2, 0) is 9.53 Å². The highest BCUT2D eigenvalue weighted by molar-refractivity contribution is 5.76. The van der Waals surface area contributed by atoms with Crippen LogP contribution in [0.1, 0.15) is 59.3 Å². The second-order valence-corrected chi connectivity index (χ2v) is 7.02. The van der Waals surface area contributed by atoms with Crippen LogP contribution in [0.5, 0.6) is 0 Å². The highest BCUT2D eigenvalue weighted by Crippen LogP contribution is 2.53. The van der Waals surface area contributed by atoms with E-state index in [-0.39, 0.29) is 5.54 Å². The van der Waals surface area contributed by atoms with Crippen LogP contribution in [0.3, 0.4) is 0 Å². The lowest BCUT2D eigenvalue weighted by atomic mass is 9.73. The van der Waals surface area contributed by atoms with Crippen molar-refractivity contribution >= 4 is 12.1 Å². The van der Waals surface area contributed by atoms with E-state index < -0.39 is 23.1 Å². The summed E-state index contributed by atoms with van der Waals surface area (Å²) < 4.78 is 5.28. The average Bonchev–Trinajstić information content (AvgIpc) is 2.48. The first-order chi connectivity index (χ1) is 8.67. The third-order valence-electron chi connectivity index (χ3n) is 4.29. The lowest BCUT2D eigenvalue weighted by Gasteiger charge is -2.38. The van der Waals surface area contributed by atoms with Crippen LogP contribution in [-0.4, -0.2) is 28.3 Å². The number of carbonyl (C=O) groups is 2. The standard InChI is InChI=1S/C14H23NO4/c1-12(2,3)19-11(18)15-14-6-4-5-13(9-14,7-8-14)10(16)17/h4-9H2,1-3H3,(H,15,18)(H,16,17)/t13-,14-/m1/s1. The van der Waals surface area contributed by atoms with E-state index in [1.54, 1.807) is 0 Å². The Labute approximate surface area is 113 Å². The molecule has 0 heterocycles. The summed E-state index contributed by atoms with van der Waals surface area (Å²) in [6.45, 7) is 5.46. The number of hydrogen-bond donors (Lipinski definition) is 2. The number of fused-ring (bicyclic) bond motifs is 2. The fourth-order valence-electron chi connectivity index (χ4n) is 3.47. The molecule has 2 N–H and O–H groups in total. The molecule has 2 saturated carbocycles. The molecular weight excluding hydrogens is 246 g/mol. The minimum Gasteiger partial charge on any atom is -0.481 e. The maximum absolute atomic E-state index is 11.9. The van der Waals surface area contributed by atoms with Gasteiger partial charge in [-0.05, 0) is 59.3 Å². The molecule has 0 spiro atoms. The van der Waals surface area contributed by atoms with Crippen LogP contribution in [0.25, 0.3) is 0 Å². The molecule has 1 amide bonds. The molecule has 2 atom stereocenters. The number of rotatable bonds is 2. The Balaban J connectivity index is 2.05. The SMILES string of the molecule is CC(C)(C)OC(=O)N[C@]12CCC[C@@](C(=O)O)(CC1)C2. The molecular formula is C14H23NO4. The third kappa shape index (κ3) is 2.85. The molecule has 2 bridgehead atoms. The molecule has 5 nitrogen and oxygen atoms in total. The Kier molecular flexibility index (Phi) is 3.27. The number of amides is 1. The predicted molar refractivity (Wildman–Crippen MR) is 69.9 cm³/mol. The van der Waals surface area contributed by atoms with Crippen LogP contribution in [0.4, 0.5) is 4.79 Å². The normalized spacial score (nSPS) is 33.8. The Morgan fingerprint density at radius 2 is 1.84 bits per heavy atom. The van der Waals surface area contributed by atoms with E-state index in [1.807, 2.05) is 20.8 Å². The van der Waals surface area contributed by atoms with Crippen LogP contribution in [0.15, 0.2) is 0 Å². The molecule has 0 aromatic rings. The van der Waals surface area contributed by atoms with Crippen LogP contribution in [0, 0.1) is 5.41 Å². The molecule has 2 fully saturated rings. The second-order valence-electron chi connectivity index (χ2n) is 7.02. The topological polar surface area (TPSA) is 75.6 Å². The Hall–Kier alpha value is -1.26. The van der Waals surface area contributed by atoms with Gasteiger partial charge in [0, 0.05) is 5.54 Å². The fourth-order valence-corrected chi connectivity index (χ4v) is 3.47. The zero-order valence-corrected chi connectivity index (χ0v) is 11.9. The summed E-state index contributed by atoms with van der Waals surface area (Å²) in [6.07, 6.45) is 3.91. The van der Waals surface area contributed by atoms with Gasteiger partial charge >= 0.3 is 12.1 Å². The molecule has 5 heteroatoms. The van der Waals surface area contributed by atoms with Crippen molar-refractivity contribution in [3.8, 4) is 0 Å². The molecule has 2 rings (SSSR count). The van der Waals surface area contributed by atoms with Gasteiger partial charge in [0.05, 0.1) is 5.41 Å². The van der Waals surface area contributed by atoms with Gasteiger partial charge in [0.2, 0.25) is 0 Å². The summed E-state index contributed by atoms with van der Waals surface area (Å²) in [5, 5.41) is 12.3. The van der Waals surface area contributed by atoms with E-state index in [0.29, 0.717) is 12.8 Å². The number of ether oxygens (including phenoxy) is 1. The van der Waals surface area contributed by atoms with Crippen molar-refractivity contribution in [1.82, 2.24) is 5.32 Å². The van der Waals surface area contributed by atoms with Crippen LogP contribution in [0.2, 0.25) is 0 Å². The number of carboxylic acids is 1. The maximum atomic E-state index is 11.9. The van der Waals surface area contributed by atoms with Crippen molar-refractivity contribution in [2.75, 3.05) is 0 Å². The molecule has 0 aromatic heterocycles. The predicted octanol–water partition coefficient (Wildman–Crippen LogP) is 2.69. The van der Waals surface area contributed by atoms with Gasteiger partial charge in [0.25, 0.3) is 0 Å². The number of carboxylic acid groups (broad SMARTS) is 1. The van der Waals surface area contributed by atoms with E-state index in [9.17, 15) is 14.7 Å². The number of alkyl carbamates (subject to hydrolysis) is 1. The minimum atomic E-state index is -0.722. The third-order valence-corrected chi connectivity index (χ3v) is 4.29. The largest absolute Gasteiger partial charge is 0.481 e. The lowest BCUT2D eigenvalue weighted by Crippen LogP contribution is -2.51. The minimum absolute atomic E-state index is 0.376. The molecule has 2 aliphatic carbocycles. The fraction of sp³-hybridized carbons (Fsp3) is 0.857. The van der Waals surface area contributed by atoms with E-state index >= 15 is 0 Å². The molecule has 2 aliphatic rings.